The van der Waals surface area contributed by atoms with Gasteiger partial charge >= 0.3 is 6.36 Å². The molecule has 27 heavy (non-hydrogen) atoms. The number of anilines is 1. The van der Waals surface area contributed by atoms with E-state index in [9.17, 15) is 13.2 Å². The molecule has 0 unspecified atom stereocenters. The summed E-state index contributed by atoms with van der Waals surface area (Å²) in [6.07, 6.45) is -4.81. The fourth-order valence-corrected chi connectivity index (χ4v) is 2.21. The van der Waals surface area contributed by atoms with E-state index >= 15 is 0 Å². The second-order valence-corrected chi connectivity index (χ2v) is 5.02. The molecule has 6 nitrogen and oxygen atoms in total. The summed E-state index contributed by atoms with van der Waals surface area (Å²) in [6, 6.07) is 10.8. The van der Waals surface area contributed by atoms with E-state index < -0.39 is 12.1 Å². The molecule has 2 rings (SSSR count). The minimum Gasteiger partial charge on any atom is -0.493 e. The summed E-state index contributed by atoms with van der Waals surface area (Å²) >= 11 is 0. The quantitative estimate of drug-likeness (QED) is 0.357. The van der Waals surface area contributed by atoms with Gasteiger partial charge < -0.3 is 25.3 Å². The maximum atomic E-state index is 12.4. The van der Waals surface area contributed by atoms with Crippen molar-refractivity contribution in [1.82, 2.24) is 0 Å². The van der Waals surface area contributed by atoms with Crippen molar-refractivity contribution in [2.75, 3.05) is 19.5 Å². The molecule has 2 aromatic carbocycles. The molecule has 2 aromatic rings. The number of nitrogens with two attached hydrogens (primary N) is 1. The standard InChI is InChI=1S/C17H18F3N3O3.HI/c1-24-14-9-5-6-11(15(14)25-2)10-22-16(21)23-12-7-3-4-8-13(12)26-17(18,19)20;/h3-9H,10H2,1-2H3,(H3,21,22,23);1H. The van der Waals surface area contributed by atoms with Crippen molar-refractivity contribution < 1.29 is 27.4 Å². The number of hydrogen-bond acceptors (Lipinski definition) is 4. The normalized spacial score (nSPS) is 11.4. The Bertz CT molecular complexity index is 786. The van der Waals surface area contributed by atoms with Crippen LogP contribution in [0.2, 0.25) is 0 Å². The Labute approximate surface area is 171 Å². The summed E-state index contributed by atoms with van der Waals surface area (Å²) in [4.78, 5) is 4.12. The SMILES string of the molecule is COc1cccc(CN=C(N)Nc2ccccc2OC(F)(F)F)c1OC.I. The zero-order chi connectivity index (χ0) is 19.2. The van der Waals surface area contributed by atoms with Crippen LogP contribution in [0.5, 0.6) is 17.2 Å². The van der Waals surface area contributed by atoms with E-state index in [1.54, 1.807) is 24.3 Å². The van der Waals surface area contributed by atoms with Gasteiger partial charge in [0.25, 0.3) is 0 Å². The van der Waals surface area contributed by atoms with Gasteiger partial charge in [0.1, 0.15) is 0 Å². The summed E-state index contributed by atoms with van der Waals surface area (Å²) in [5.74, 6) is 0.563. The lowest BCUT2D eigenvalue weighted by Gasteiger charge is -2.14. The third-order valence-electron chi connectivity index (χ3n) is 3.28. The topological polar surface area (TPSA) is 78.1 Å². The van der Waals surface area contributed by atoms with Gasteiger partial charge in [-0.05, 0) is 18.2 Å². The number of methoxy groups -OCH3 is 2. The van der Waals surface area contributed by atoms with Crippen LogP contribution in [0, 0.1) is 0 Å². The third-order valence-corrected chi connectivity index (χ3v) is 3.28. The first-order valence-electron chi connectivity index (χ1n) is 7.45. The Morgan fingerprint density at radius 3 is 2.33 bits per heavy atom. The summed E-state index contributed by atoms with van der Waals surface area (Å²) in [5.41, 5.74) is 6.53. The molecule has 0 aliphatic carbocycles. The van der Waals surface area contributed by atoms with E-state index in [-0.39, 0.29) is 42.2 Å². The Balaban J connectivity index is 0.00000364. The van der Waals surface area contributed by atoms with Gasteiger partial charge in [0.05, 0.1) is 26.5 Å². The van der Waals surface area contributed by atoms with Gasteiger partial charge in [-0.15, -0.1) is 37.1 Å². The van der Waals surface area contributed by atoms with Crippen LogP contribution in [-0.2, 0) is 6.54 Å². The average molecular weight is 497 g/mol. The predicted molar refractivity (Wildman–Crippen MR) is 107 cm³/mol. The molecular formula is C17H19F3IN3O3. The summed E-state index contributed by atoms with van der Waals surface area (Å²) < 4.78 is 51.8. The smallest absolute Gasteiger partial charge is 0.493 e. The average Bonchev–Trinajstić information content (AvgIpc) is 2.60. The number of hydrogen-bond donors (Lipinski definition) is 2. The largest absolute Gasteiger partial charge is 0.573 e. The monoisotopic (exact) mass is 497 g/mol. The second kappa shape index (κ2) is 10.1. The molecule has 0 aliphatic rings. The van der Waals surface area contributed by atoms with Gasteiger partial charge in [-0.25, -0.2) is 4.99 Å². The van der Waals surface area contributed by atoms with Crippen molar-refractivity contribution in [3.63, 3.8) is 0 Å². The molecule has 0 spiro atoms. The van der Waals surface area contributed by atoms with Gasteiger partial charge in [-0.2, -0.15) is 0 Å². The molecule has 148 valence electrons. The van der Waals surface area contributed by atoms with Crippen molar-refractivity contribution in [2.24, 2.45) is 10.7 Å². The number of nitrogens with zero attached hydrogens (tertiary/aromatic N) is 1. The molecule has 0 heterocycles. The highest BCUT2D eigenvalue weighted by atomic mass is 127. The summed E-state index contributed by atoms with van der Waals surface area (Å²) in [6.45, 7) is 0.140. The van der Waals surface area contributed by atoms with E-state index in [1.807, 2.05) is 0 Å². The van der Waals surface area contributed by atoms with Crippen LogP contribution < -0.4 is 25.3 Å². The lowest BCUT2D eigenvalue weighted by Crippen LogP contribution is -2.24. The van der Waals surface area contributed by atoms with Crippen LogP contribution in [0.3, 0.4) is 0 Å². The van der Waals surface area contributed by atoms with Crippen molar-refractivity contribution in [2.45, 2.75) is 12.9 Å². The number of halogens is 4. The molecule has 3 N–H and O–H groups in total. The van der Waals surface area contributed by atoms with Crippen molar-refractivity contribution in [1.29, 1.82) is 0 Å². The third kappa shape index (κ3) is 6.70. The fourth-order valence-electron chi connectivity index (χ4n) is 2.21. The molecule has 0 bridgehead atoms. The molecule has 0 amide bonds. The first-order chi connectivity index (χ1) is 12.3. The Kier molecular flexibility index (Phi) is 8.47. The van der Waals surface area contributed by atoms with E-state index in [2.05, 4.69) is 15.0 Å². The zero-order valence-electron chi connectivity index (χ0n) is 14.5. The summed E-state index contributed by atoms with van der Waals surface area (Å²) in [5, 5.41) is 2.60. The number of nitrogens with one attached hydrogen (secondary N) is 1. The van der Waals surface area contributed by atoms with Gasteiger partial charge in [0.15, 0.2) is 23.2 Å². The van der Waals surface area contributed by atoms with Crippen molar-refractivity contribution >= 4 is 35.6 Å². The van der Waals surface area contributed by atoms with Crippen LogP contribution in [-0.4, -0.2) is 26.5 Å². The highest BCUT2D eigenvalue weighted by molar-refractivity contribution is 14.0. The lowest BCUT2D eigenvalue weighted by molar-refractivity contribution is -0.274. The molecule has 0 radical (unpaired) electrons. The number of guanidine groups is 1. The van der Waals surface area contributed by atoms with Crippen LogP contribution in [0.1, 0.15) is 5.56 Å². The van der Waals surface area contributed by atoms with Crippen LogP contribution in [0.4, 0.5) is 18.9 Å². The highest BCUT2D eigenvalue weighted by Crippen LogP contribution is 2.32. The minimum atomic E-state index is -4.81. The number of benzene rings is 2. The van der Waals surface area contributed by atoms with Gasteiger partial charge in [-0.3, -0.25) is 0 Å². The van der Waals surface area contributed by atoms with Crippen LogP contribution >= 0.6 is 24.0 Å². The predicted octanol–water partition coefficient (Wildman–Crippen LogP) is 4.15. The molecule has 0 saturated heterocycles. The van der Waals surface area contributed by atoms with Crippen molar-refractivity contribution in [3.05, 3.63) is 48.0 Å². The second-order valence-electron chi connectivity index (χ2n) is 5.02. The van der Waals surface area contributed by atoms with Crippen LogP contribution in [0.15, 0.2) is 47.5 Å². The first kappa shape index (κ1) is 22.7. The number of aliphatic imine (C=N–C) groups is 1. The molecule has 0 atom stereocenters. The van der Waals surface area contributed by atoms with Crippen LogP contribution in [0.25, 0.3) is 0 Å². The van der Waals surface area contributed by atoms with E-state index in [4.69, 9.17) is 15.2 Å². The number of ether oxygens (including phenoxy) is 3. The number of rotatable bonds is 6. The number of para-hydroxylation sites is 3. The molecule has 0 aromatic heterocycles. The van der Waals surface area contributed by atoms with Crippen molar-refractivity contribution in [3.8, 4) is 17.2 Å². The first-order valence-corrected chi connectivity index (χ1v) is 7.45. The molecule has 10 heteroatoms. The Hall–Kier alpha value is -2.37. The Morgan fingerprint density at radius 2 is 1.70 bits per heavy atom. The molecule has 0 fully saturated rings. The molecule has 0 saturated carbocycles. The highest BCUT2D eigenvalue weighted by Gasteiger charge is 2.32. The maximum Gasteiger partial charge on any atom is 0.573 e. The summed E-state index contributed by atoms with van der Waals surface area (Å²) in [7, 11) is 3.01. The van der Waals surface area contributed by atoms with E-state index in [0.29, 0.717) is 17.1 Å². The fraction of sp³-hybridized carbons (Fsp3) is 0.235. The Morgan fingerprint density at radius 1 is 1.04 bits per heavy atom. The maximum absolute atomic E-state index is 12.4. The van der Waals surface area contributed by atoms with E-state index in [0.717, 1.165) is 0 Å². The van der Waals surface area contributed by atoms with Gasteiger partial charge in [-0.1, -0.05) is 24.3 Å². The molecule has 0 aliphatic heterocycles. The van der Waals surface area contributed by atoms with Gasteiger partial charge in [0, 0.05) is 5.56 Å². The van der Waals surface area contributed by atoms with E-state index in [1.165, 1.54) is 32.4 Å². The number of alkyl halides is 3. The zero-order valence-corrected chi connectivity index (χ0v) is 16.9. The lowest BCUT2D eigenvalue weighted by atomic mass is 10.2. The molecular weight excluding hydrogens is 478 g/mol. The van der Waals surface area contributed by atoms with Gasteiger partial charge in [0.2, 0.25) is 0 Å². The minimum absolute atomic E-state index is 0.